The van der Waals surface area contributed by atoms with Crippen molar-refractivity contribution in [2.24, 2.45) is 5.92 Å². The number of carboxylic acids is 1. The normalized spacial score (nSPS) is 14.9. The third kappa shape index (κ3) is 3.50. The predicted molar refractivity (Wildman–Crippen MR) is 80.5 cm³/mol. The molecule has 0 aliphatic heterocycles. The molecule has 0 aromatic carbocycles. The summed E-state index contributed by atoms with van der Waals surface area (Å²) in [7, 11) is 0. The van der Waals surface area contributed by atoms with E-state index < -0.39 is 5.97 Å². The summed E-state index contributed by atoms with van der Waals surface area (Å²) in [6.07, 6.45) is 2.37. The first-order chi connectivity index (χ1) is 9.38. The van der Waals surface area contributed by atoms with Gasteiger partial charge in [-0.05, 0) is 36.8 Å². The number of rotatable bonds is 6. The molecule has 1 aromatic rings. The predicted octanol–water partition coefficient (Wildman–Crippen LogP) is 3.53. The average molecular weight is 276 g/mol. The molecule has 20 heavy (non-hydrogen) atoms. The van der Waals surface area contributed by atoms with Crippen molar-refractivity contribution in [3.63, 3.8) is 0 Å². The van der Waals surface area contributed by atoms with Crippen LogP contribution in [0.25, 0.3) is 0 Å². The molecule has 0 radical (unpaired) electrons. The molecule has 0 saturated heterocycles. The summed E-state index contributed by atoms with van der Waals surface area (Å²) in [6.45, 7) is 9.38. The lowest BCUT2D eigenvalue weighted by Gasteiger charge is -2.26. The van der Waals surface area contributed by atoms with Crippen LogP contribution < -0.4 is 4.90 Å². The Labute approximate surface area is 120 Å². The van der Waals surface area contributed by atoms with Crippen LogP contribution in [0.1, 0.15) is 62.5 Å². The minimum atomic E-state index is -0.879. The Kier molecular flexibility index (Phi) is 4.31. The van der Waals surface area contributed by atoms with Gasteiger partial charge in [0.05, 0.1) is 5.56 Å². The number of carbonyl (C=O) groups is 1. The van der Waals surface area contributed by atoms with Gasteiger partial charge in [0.25, 0.3) is 0 Å². The molecule has 4 nitrogen and oxygen atoms in total. The molecule has 0 amide bonds. The molecule has 1 aliphatic rings. The molecule has 2 rings (SSSR count). The minimum absolute atomic E-state index is 0.230. The fraction of sp³-hybridized carbons (Fsp3) is 0.625. The number of carboxylic acid groups (broad SMARTS) is 1. The average Bonchev–Trinajstić information content (AvgIpc) is 3.19. The van der Waals surface area contributed by atoms with E-state index in [1.165, 1.54) is 12.8 Å². The van der Waals surface area contributed by atoms with Gasteiger partial charge in [0.2, 0.25) is 0 Å². The SMILES string of the molecule is CC(C)CN(c1cc(C(=O)O)cc(C(C)C)n1)C1CC1. The van der Waals surface area contributed by atoms with Crippen LogP contribution >= 0.6 is 0 Å². The molecule has 0 spiro atoms. The van der Waals surface area contributed by atoms with Gasteiger partial charge in [-0.2, -0.15) is 0 Å². The Balaban J connectivity index is 2.39. The molecule has 0 atom stereocenters. The smallest absolute Gasteiger partial charge is 0.335 e. The topological polar surface area (TPSA) is 53.4 Å². The van der Waals surface area contributed by atoms with E-state index in [2.05, 4.69) is 18.7 Å². The molecule has 0 unspecified atom stereocenters. The second-order valence-corrected chi connectivity index (χ2v) is 6.38. The fourth-order valence-corrected chi connectivity index (χ4v) is 2.31. The molecule has 110 valence electrons. The van der Waals surface area contributed by atoms with E-state index in [0.717, 1.165) is 18.1 Å². The third-order valence-electron chi connectivity index (χ3n) is 3.51. The summed E-state index contributed by atoms with van der Waals surface area (Å²) in [5.74, 6) is 0.710. The van der Waals surface area contributed by atoms with Gasteiger partial charge in [0.1, 0.15) is 5.82 Å². The van der Waals surface area contributed by atoms with Gasteiger partial charge >= 0.3 is 5.97 Å². The highest BCUT2D eigenvalue weighted by Gasteiger charge is 2.31. The summed E-state index contributed by atoms with van der Waals surface area (Å²) in [6, 6.07) is 3.94. The van der Waals surface area contributed by atoms with Gasteiger partial charge in [-0.15, -0.1) is 0 Å². The highest BCUT2D eigenvalue weighted by atomic mass is 16.4. The van der Waals surface area contributed by atoms with Crippen molar-refractivity contribution >= 4 is 11.8 Å². The number of hydrogen-bond acceptors (Lipinski definition) is 3. The van der Waals surface area contributed by atoms with Crippen LogP contribution in [-0.4, -0.2) is 28.6 Å². The molecular formula is C16H24N2O2. The van der Waals surface area contributed by atoms with Crippen molar-refractivity contribution < 1.29 is 9.90 Å². The van der Waals surface area contributed by atoms with Crippen LogP contribution in [0.4, 0.5) is 5.82 Å². The Morgan fingerprint density at radius 2 is 2.00 bits per heavy atom. The van der Waals surface area contributed by atoms with E-state index in [1.807, 2.05) is 13.8 Å². The zero-order chi connectivity index (χ0) is 14.9. The van der Waals surface area contributed by atoms with E-state index in [9.17, 15) is 9.90 Å². The Bertz CT molecular complexity index is 493. The van der Waals surface area contributed by atoms with Crippen molar-refractivity contribution in [3.8, 4) is 0 Å². The zero-order valence-electron chi connectivity index (χ0n) is 12.8. The highest BCUT2D eigenvalue weighted by molar-refractivity contribution is 5.88. The van der Waals surface area contributed by atoms with Crippen LogP contribution in [0.15, 0.2) is 12.1 Å². The lowest BCUT2D eigenvalue weighted by molar-refractivity contribution is 0.0696. The van der Waals surface area contributed by atoms with Gasteiger partial charge in [0, 0.05) is 18.3 Å². The molecular weight excluding hydrogens is 252 g/mol. The molecule has 0 bridgehead atoms. The minimum Gasteiger partial charge on any atom is -0.478 e. The second-order valence-electron chi connectivity index (χ2n) is 6.38. The van der Waals surface area contributed by atoms with E-state index in [4.69, 9.17) is 4.98 Å². The Morgan fingerprint density at radius 3 is 2.45 bits per heavy atom. The molecule has 1 heterocycles. The summed E-state index contributed by atoms with van der Waals surface area (Å²) in [5.41, 5.74) is 1.20. The van der Waals surface area contributed by atoms with E-state index in [-0.39, 0.29) is 5.92 Å². The number of nitrogens with zero attached hydrogens (tertiary/aromatic N) is 2. The van der Waals surface area contributed by atoms with Gasteiger partial charge in [-0.3, -0.25) is 0 Å². The molecule has 1 aromatic heterocycles. The van der Waals surface area contributed by atoms with Crippen molar-refractivity contribution in [2.75, 3.05) is 11.4 Å². The van der Waals surface area contributed by atoms with Gasteiger partial charge < -0.3 is 10.0 Å². The van der Waals surface area contributed by atoms with Crippen molar-refractivity contribution in [1.82, 2.24) is 4.98 Å². The largest absolute Gasteiger partial charge is 0.478 e. The monoisotopic (exact) mass is 276 g/mol. The molecule has 1 fully saturated rings. The summed E-state index contributed by atoms with van der Waals surface area (Å²) >= 11 is 0. The summed E-state index contributed by atoms with van der Waals surface area (Å²) in [5, 5.41) is 9.29. The van der Waals surface area contributed by atoms with Crippen molar-refractivity contribution in [2.45, 2.75) is 52.5 Å². The highest BCUT2D eigenvalue weighted by Crippen LogP contribution is 2.32. The number of aromatic nitrogens is 1. The first kappa shape index (κ1) is 14.8. The maximum absolute atomic E-state index is 11.3. The lowest BCUT2D eigenvalue weighted by atomic mass is 10.1. The van der Waals surface area contributed by atoms with Crippen LogP contribution in [0.5, 0.6) is 0 Å². The van der Waals surface area contributed by atoms with E-state index in [1.54, 1.807) is 12.1 Å². The summed E-state index contributed by atoms with van der Waals surface area (Å²) in [4.78, 5) is 18.3. The number of pyridine rings is 1. The van der Waals surface area contributed by atoms with Crippen molar-refractivity contribution in [3.05, 3.63) is 23.4 Å². The quantitative estimate of drug-likeness (QED) is 0.863. The molecule has 1 N–H and O–H groups in total. The second kappa shape index (κ2) is 5.81. The van der Waals surface area contributed by atoms with Crippen LogP contribution in [0.2, 0.25) is 0 Å². The maximum atomic E-state index is 11.3. The Morgan fingerprint density at radius 1 is 1.35 bits per heavy atom. The van der Waals surface area contributed by atoms with Gasteiger partial charge in [-0.1, -0.05) is 27.7 Å². The molecule has 1 aliphatic carbocycles. The standard InChI is InChI=1S/C16H24N2O2/c1-10(2)9-18(13-5-6-13)15-8-12(16(19)20)7-14(17-15)11(3)4/h7-8,10-11,13H,5-6,9H2,1-4H3,(H,19,20). The van der Waals surface area contributed by atoms with Crippen molar-refractivity contribution in [1.29, 1.82) is 0 Å². The van der Waals surface area contributed by atoms with Gasteiger partial charge in [0.15, 0.2) is 0 Å². The third-order valence-corrected chi connectivity index (χ3v) is 3.51. The van der Waals surface area contributed by atoms with Gasteiger partial charge in [-0.25, -0.2) is 9.78 Å². The van der Waals surface area contributed by atoms with E-state index in [0.29, 0.717) is 17.5 Å². The first-order valence-corrected chi connectivity index (χ1v) is 7.40. The van der Waals surface area contributed by atoms with Crippen LogP contribution in [-0.2, 0) is 0 Å². The molecule has 1 saturated carbocycles. The van der Waals surface area contributed by atoms with Crippen LogP contribution in [0, 0.1) is 5.92 Å². The zero-order valence-corrected chi connectivity index (χ0v) is 12.8. The first-order valence-electron chi connectivity index (χ1n) is 7.40. The van der Waals surface area contributed by atoms with E-state index >= 15 is 0 Å². The number of anilines is 1. The Hall–Kier alpha value is -1.58. The molecule has 4 heteroatoms. The van der Waals surface area contributed by atoms with Crippen LogP contribution in [0.3, 0.4) is 0 Å². The summed E-state index contributed by atoms with van der Waals surface area (Å²) < 4.78 is 0. The maximum Gasteiger partial charge on any atom is 0.335 e. The lowest BCUT2D eigenvalue weighted by Crippen LogP contribution is -2.31. The number of hydrogen-bond donors (Lipinski definition) is 1. The number of aromatic carboxylic acids is 1. The fourth-order valence-electron chi connectivity index (χ4n) is 2.31.